The predicted octanol–water partition coefficient (Wildman–Crippen LogP) is 2.80. The third-order valence-corrected chi connectivity index (χ3v) is 4.56. The second kappa shape index (κ2) is 7.06. The van der Waals surface area contributed by atoms with Gasteiger partial charge in [0.15, 0.2) is 0 Å². The summed E-state index contributed by atoms with van der Waals surface area (Å²) in [7, 11) is 0. The van der Waals surface area contributed by atoms with E-state index in [1.807, 2.05) is 10.9 Å². The van der Waals surface area contributed by atoms with E-state index in [0.717, 1.165) is 38.2 Å². The Morgan fingerprint density at radius 3 is 2.21 bits per heavy atom. The molecule has 0 bridgehead atoms. The molecule has 0 saturated carbocycles. The van der Waals surface area contributed by atoms with Crippen LogP contribution < -0.4 is 5.73 Å². The zero-order valence-electron chi connectivity index (χ0n) is 13.2. The maximum atomic E-state index is 6.67. The Kier molecular flexibility index (Phi) is 6.01. The minimum absolute atomic E-state index is 0.00449. The highest BCUT2D eigenvalue weighted by Gasteiger charge is 2.39. The SMILES string of the molecule is CCN(CC)C(CC)(CC)C(N)c1ccnn1CC. The van der Waals surface area contributed by atoms with E-state index >= 15 is 0 Å². The van der Waals surface area contributed by atoms with Gasteiger partial charge < -0.3 is 5.73 Å². The summed E-state index contributed by atoms with van der Waals surface area (Å²) in [5.74, 6) is 0. The first-order valence-electron chi connectivity index (χ1n) is 7.63. The molecule has 0 radical (unpaired) electrons. The fraction of sp³-hybridized carbons (Fsp3) is 0.800. The van der Waals surface area contributed by atoms with Gasteiger partial charge in [-0.25, -0.2) is 0 Å². The van der Waals surface area contributed by atoms with E-state index in [1.165, 1.54) is 0 Å². The van der Waals surface area contributed by atoms with Gasteiger partial charge >= 0.3 is 0 Å². The van der Waals surface area contributed by atoms with Crippen molar-refractivity contribution in [3.8, 4) is 0 Å². The summed E-state index contributed by atoms with van der Waals surface area (Å²) in [6.07, 6.45) is 3.97. The van der Waals surface area contributed by atoms with Crippen molar-refractivity contribution in [2.45, 2.75) is 65.6 Å². The molecule has 1 aromatic heterocycles. The van der Waals surface area contributed by atoms with E-state index in [4.69, 9.17) is 5.73 Å². The summed E-state index contributed by atoms with van der Waals surface area (Å²) in [6, 6.07) is 2.07. The molecule has 1 unspecified atom stereocenters. The van der Waals surface area contributed by atoms with Gasteiger partial charge in [-0.05, 0) is 38.9 Å². The Balaban J connectivity index is 3.18. The molecule has 2 N–H and O–H groups in total. The summed E-state index contributed by atoms with van der Waals surface area (Å²) in [6.45, 7) is 14.0. The molecule has 1 rings (SSSR count). The molecule has 0 aliphatic rings. The van der Waals surface area contributed by atoms with Crippen molar-refractivity contribution in [1.29, 1.82) is 0 Å². The van der Waals surface area contributed by atoms with Gasteiger partial charge in [0.2, 0.25) is 0 Å². The largest absolute Gasteiger partial charge is 0.321 e. The van der Waals surface area contributed by atoms with Crippen LogP contribution in [0.5, 0.6) is 0 Å². The molecule has 1 atom stereocenters. The minimum atomic E-state index is 0.00449. The average Bonchev–Trinajstić information content (AvgIpc) is 2.92. The molecule has 0 aromatic carbocycles. The van der Waals surface area contributed by atoms with Crippen LogP contribution in [0, 0.1) is 0 Å². The Labute approximate surface area is 118 Å². The van der Waals surface area contributed by atoms with Gasteiger partial charge in [-0.15, -0.1) is 0 Å². The maximum absolute atomic E-state index is 6.67. The van der Waals surface area contributed by atoms with E-state index in [1.54, 1.807) is 0 Å². The Hall–Kier alpha value is -0.870. The van der Waals surface area contributed by atoms with Crippen LogP contribution in [-0.2, 0) is 6.54 Å². The smallest absolute Gasteiger partial charge is 0.0653 e. The molecule has 0 spiro atoms. The van der Waals surface area contributed by atoms with E-state index in [-0.39, 0.29) is 11.6 Å². The quantitative estimate of drug-likeness (QED) is 0.787. The molecular weight excluding hydrogens is 236 g/mol. The van der Waals surface area contributed by atoms with Gasteiger partial charge in [-0.1, -0.05) is 27.7 Å². The lowest BCUT2D eigenvalue weighted by atomic mass is 9.81. The van der Waals surface area contributed by atoms with E-state index in [0.29, 0.717) is 0 Å². The van der Waals surface area contributed by atoms with Crippen molar-refractivity contribution >= 4 is 0 Å². The van der Waals surface area contributed by atoms with Crippen molar-refractivity contribution in [2.75, 3.05) is 13.1 Å². The van der Waals surface area contributed by atoms with Crippen LogP contribution in [0.15, 0.2) is 12.3 Å². The Bertz CT molecular complexity index is 364. The average molecular weight is 266 g/mol. The predicted molar refractivity (Wildman–Crippen MR) is 81.1 cm³/mol. The summed E-state index contributed by atoms with van der Waals surface area (Å²) in [5, 5.41) is 4.37. The number of hydrogen-bond donors (Lipinski definition) is 1. The topological polar surface area (TPSA) is 47.1 Å². The zero-order chi connectivity index (χ0) is 14.5. The standard InChI is InChI=1S/C15H30N4/c1-6-15(7-2,18(8-3)9-4)14(16)13-11-12-17-19(13)10-5/h11-12,14H,6-10,16H2,1-5H3. The van der Waals surface area contributed by atoms with Crippen molar-refractivity contribution in [2.24, 2.45) is 5.73 Å². The summed E-state index contributed by atoms with van der Waals surface area (Å²) in [4.78, 5) is 2.50. The fourth-order valence-corrected chi connectivity index (χ4v) is 3.33. The van der Waals surface area contributed by atoms with Gasteiger partial charge in [0.1, 0.15) is 0 Å². The van der Waals surface area contributed by atoms with Crippen LogP contribution in [0.2, 0.25) is 0 Å². The molecule has 0 amide bonds. The highest BCUT2D eigenvalue weighted by molar-refractivity contribution is 5.14. The first-order valence-corrected chi connectivity index (χ1v) is 7.63. The lowest BCUT2D eigenvalue weighted by Crippen LogP contribution is -2.55. The number of hydrogen-bond acceptors (Lipinski definition) is 3. The van der Waals surface area contributed by atoms with Gasteiger partial charge in [-0.3, -0.25) is 9.58 Å². The monoisotopic (exact) mass is 266 g/mol. The number of rotatable bonds is 8. The molecule has 110 valence electrons. The minimum Gasteiger partial charge on any atom is -0.321 e. The molecule has 1 aromatic rings. The lowest BCUT2D eigenvalue weighted by molar-refractivity contribution is 0.0597. The highest BCUT2D eigenvalue weighted by atomic mass is 15.3. The van der Waals surface area contributed by atoms with Crippen molar-refractivity contribution in [1.82, 2.24) is 14.7 Å². The summed E-state index contributed by atoms with van der Waals surface area (Å²) in [5.41, 5.74) is 7.84. The van der Waals surface area contributed by atoms with Crippen molar-refractivity contribution in [3.63, 3.8) is 0 Å². The molecular formula is C15H30N4. The fourth-order valence-electron chi connectivity index (χ4n) is 3.33. The Morgan fingerprint density at radius 2 is 1.79 bits per heavy atom. The first-order chi connectivity index (χ1) is 9.11. The van der Waals surface area contributed by atoms with Gasteiger partial charge in [0.25, 0.3) is 0 Å². The normalized spacial score (nSPS) is 14.1. The maximum Gasteiger partial charge on any atom is 0.0653 e. The number of nitrogens with two attached hydrogens (primary N) is 1. The molecule has 4 heteroatoms. The molecule has 0 saturated heterocycles. The third kappa shape index (κ3) is 2.84. The van der Waals surface area contributed by atoms with Crippen LogP contribution in [0.25, 0.3) is 0 Å². The van der Waals surface area contributed by atoms with Crippen LogP contribution in [0.4, 0.5) is 0 Å². The van der Waals surface area contributed by atoms with Crippen LogP contribution in [0.3, 0.4) is 0 Å². The zero-order valence-corrected chi connectivity index (χ0v) is 13.2. The number of aromatic nitrogens is 2. The molecule has 19 heavy (non-hydrogen) atoms. The molecule has 4 nitrogen and oxygen atoms in total. The van der Waals surface area contributed by atoms with E-state index in [9.17, 15) is 0 Å². The van der Waals surface area contributed by atoms with E-state index in [2.05, 4.69) is 50.7 Å². The van der Waals surface area contributed by atoms with Crippen LogP contribution in [0.1, 0.15) is 59.2 Å². The number of aryl methyl sites for hydroxylation is 1. The van der Waals surface area contributed by atoms with Crippen molar-refractivity contribution in [3.05, 3.63) is 18.0 Å². The summed E-state index contributed by atoms with van der Waals surface area (Å²) >= 11 is 0. The van der Waals surface area contributed by atoms with Gasteiger partial charge in [0, 0.05) is 18.3 Å². The second-order valence-corrected chi connectivity index (χ2v) is 5.03. The lowest BCUT2D eigenvalue weighted by Gasteiger charge is -2.46. The third-order valence-electron chi connectivity index (χ3n) is 4.56. The first kappa shape index (κ1) is 16.2. The Morgan fingerprint density at radius 1 is 1.21 bits per heavy atom. The van der Waals surface area contributed by atoms with E-state index < -0.39 is 0 Å². The molecule has 0 fully saturated rings. The molecule has 1 heterocycles. The molecule has 0 aliphatic heterocycles. The molecule has 0 aliphatic carbocycles. The van der Waals surface area contributed by atoms with Gasteiger partial charge in [-0.2, -0.15) is 5.10 Å². The number of likely N-dealkylation sites (N-methyl/N-ethyl adjacent to an activating group) is 1. The number of nitrogens with zero attached hydrogens (tertiary/aromatic N) is 3. The highest BCUT2D eigenvalue weighted by Crippen LogP contribution is 2.35. The second-order valence-electron chi connectivity index (χ2n) is 5.03. The van der Waals surface area contributed by atoms with Crippen LogP contribution in [-0.4, -0.2) is 33.3 Å². The summed E-state index contributed by atoms with van der Waals surface area (Å²) < 4.78 is 2.02. The van der Waals surface area contributed by atoms with Gasteiger partial charge in [0.05, 0.1) is 11.7 Å². The van der Waals surface area contributed by atoms with Crippen molar-refractivity contribution < 1.29 is 0 Å². The van der Waals surface area contributed by atoms with Crippen LogP contribution >= 0.6 is 0 Å².